The highest BCUT2D eigenvalue weighted by molar-refractivity contribution is 5.93. The number of carbonyl (C=O) groups excluding carboxylic acids is 1. The summed E-state index contributed by atoms with van der Waals surface area (Å²) in [6.45, 7) is -0.00535. The molecule has 0 atom stereocenters. The Bertz CT molecular complexity index is 621. The molecule has 19 heavy (non-hydrogen) atoms. The normalized spacial score (nSPS) is 10.2. The summed E-state index contributed by atoms with van der Waals surface area (Å²) in [5, 5.41) is 11.1. The number of rotatable bonds is 4. The molecule has 2 aromatic rings. The SMILES string of the molecule is O=C(O)c1ccc(C(=O)NCc2ccccc2F)o1. The Kier molecular flexibility index (Phi) is 3.61. The van der Waals surface area contributed by atoms with Gasteiger partial charge >= 0.3 is 5.97 Å². The molecular formula is C13H10FNO4. The van der Waals surface area contributed by atoms with Crippen LogP contribution in [0.3, 0.4) is 0 Å². The van der Waals surface area contributed by atoms with Gasteiger partial charge < -0.3 is 14.8 Å². The van der Waals surface area contributed by atoms with Crippen LogP contribution in [0.15, 0.2) is 40.8 Å². The van der Waals surface area contributed by atoms with Crippen LogP contribution in [0.4, 0.5) is 4.39 Å². The van der Waals surface area contributed by atoms with E-state index in [1.54, 1.807) is 18.2 Å². The van der Waals surface area contributed by atoms with E-state index in [9.17, 15) is 14.0 Å². The summed E-state index contributed by atoms with van der Waals surface area (Å²) in [6.07, 6.45) is 0. The van der Waals surface area contributed by atoms with Gasteiger partial charge in [-0.3, -0.25) is 4.79 Å². The molecule has 0 aliphatic heterocycles. The molecule has 0 saturated heterocycles. The summed E-state index contributed by atoms with van der Waals surface area (Å²) in [7, 11) is 0. The summed E-state index contributed by atoms with van der Waals surface area (Å²) in [5.41, 5.74) is 0.334. The molecule has 0 saturated carbocycles. The first kappa shape index (κ1) is 12.8. The number of carboxylic acid groups (broad SMARTS) is 1. The fourth-order valence-electron chi connectivity index (χ4n) is 1.48. The van der Waals surface area contributed by atoms with Crippen molar-refractivity contribution in [2.45, 2.75) is 6.54 Å². The Morgan fingerprint density at radius 3 is 2.47 bits per heavy atom. The van der Waals surface area contributed by atoms with E-state index in [1.807, 2.05) is 0 Å². The number of furan rings is 1. The highest BCUT2D eigenvalue weighted by Gasteiger charge is 2.14. The van der Waals surface area contributed by atoms with E-state index in [1.165, 1.54) is 18.2 Å². The topological polar surface area (TPSA) is 79.5 Å². The largest absolute Gasteiger partial charge is 0.475 e. The number of aromatic carboxylic acids is 1. The van der Waals surface area contributed by atoms with Crippen molar-refractivity contribution in [1.82, 2.24) is 5.32 Å². The van der Waals surface area contributed by atoms with Crippen molar-refractivity contribution in [2.75, 3.05) is 0 Å². The Hall–Kier alpha value is -2.63. The highest BCUT2D eigenvalue weighted by Crippen LogP contribution is 2.09. The first-order valence-electron chi connectivity index (χ1n) is 5.42. The molecule has 2 rings (SSSR count). The van der Waals surface area contributed by atoms with Crippen molar-refractivity contribution in [3.63, 3.8) is 0 Å². The molecule has 0 radical (unpaired) electrons. The molecule has 2 N–H and O–H groups in total. The first-order valence-corrected chi connectivity index (χ1v) is 5.42. The summed E-state index contributed by atoms with van der Waals surface area (Å²) < 4.78 is 18.1. The molecule has 5 nitrogen and oxygen atoms in total. The Labute approximate surface area is 107 Å². The van der Waals surface area contributed by atoms with Gasteiger partial charge in [-0.25, -0.2) is 9.18 Å². The lowest BCUT2D eigenvalue weighted by Gasteiger charge is -2.04. The molecule has 1 heterocycles. The van der Waals surface area contributed by atoms with Gasteiger partial charge in [0.2, 0.25) is 5.76 Å². The molecule has 1 amide bonds. The number of hydrogen-bond acceptors (Lipinski definition) is 3. The molecule has 6 heteroatoms. The third-order valence-electron chi connectivity index (χ3n) is 2.44. The van der Waals surface area contributed by atoms with Gasteiger partial charge in [0.05, 0.1) is 0 Å². The molecule has 0 aliphatic rings. The van der Waals surface area contributed by atoms with Crippen LogP contribution in [-0.4, -0.2) is 17.0 Å². The smallest absolute Gasteiger partial charge is 0.371 e. The van der Waals surface area contributed by atoms with Crippen LogP contribution in [0.5, 0.6) is 0 Å². The fourth-order valence-corrected chi connectivity index (χ4v) is 1.48. The molecule has 0 bridgehead atoms. The van der Waals surface area contributed by atoms with Crippen molar-refractivity contribution in [3.8, 4) is 0 Å². The van der Waals surface area contributed by atoms with Crippen molar-refractivity contribution in [1.29, 1.82) is 0 Å². The van der Waals surface area contributed by atoms with Crippen LogP contribution in [0, 0.1) is 5.82 Å². The molecule has 0 aliphatic carbocycles. The Morgan fingerprint density at radius 2 is 1.84 bits per heavy atom. The van der Waals surface area contributed by atoms with E-state index >= 15 is 0 Å². The van der Waals surface area contributed by atoms with Crippen LogP contribution >= 0.6 is 0 Å². The van der Waals surface area contributed by atoms with Crippen LogP contribution in [0.2, 0.25) is 0 Å². The van der Waals surface area contributed by atoms with E-state index in [-0.39, 0.29) is 18.1 Å². The van der Waals surface area contributed by atoms with Crippen molar-refractivity contribution in [3.05, 3.63) is 59.3 Å². The Morgan fingerprint density at radius 1 is 1.16 bits per heavy atom. The minimum atomic E-state index is -1.26. The molecule has 0 spiro atoms. The zero-order chi connectivity index (χ0) is 13.8. The number of carboxylic acids is 1. The second-order valence-corrected chi connectivity index (χ2v) is 3.74. The monoisotopic (exact) mass is 263 g/mol. The molecule has 98 valence electrons. The van der Waals surface area contributed by atoms with Gasteiger partial charge in [0.25, 0.3) is 5.91 Å². The maximum atomic E-state index is 13.3. The van der Waals surface area contributed by atoms with Crippen LogP contribution in [0.25, 0.3) is 0 Å². The van der Waals surface area contributed by atoms with Gasteiger partial charge in [0, 0.05) is 12.1 Å². The number of halogens is 1. The summed E-state index contributed by atoms with van der Waals surface area (Å²) >= 11 is 0. The van der Waals surface area contributed by atoms with Crippen LogP contribution in [-0.2, 0) is 6.54 Å². The maximum absolute atomic E-state index is 13.3. The summed E-state index contributed by atoms with van der Waals surface area (Å²) in [4.78, 5) is 22.2. The second kappa shape index (κ2) is 5.34. The molecule has 0 fully saturated rings. The average molecular weight is 263 g/mol. The second-order valence-electron chi connectivity index (χ2n) is 3.74. The number of amides is 1. The minimum Gasteiger partial charge on any atom is -0.475 e. The maximum Gasteiger partial charge on any atom is 0.371 e. The van der Waals surface area contributed by atoms with E-state index in [0.717, 1.165) is 0 Å². The lowest BCUT2D eigenvalue weighted by Crippen LogP contribution is -2.22. The number of carbonyl (C=O) groups is 2. The number of hydrogen-bond donors (Lipinski definition) is 2. The quantitative estimate of drug-likeness (QED) is 0.884. The van der Waals surface area contributed by atoms with Gasteiger partial charge in [0.15, 0.2) is 5.76 Å². The zero-order valence-corrected chi connectivity index (χ0v) is 9.72. The fraction of sp³-hybridized carbons (Fsp3) is 0.0769. The average Bonchev–Trinajstić information content (AvgIpc) is 2.87. The van der Waals surface area contributed by atoms with Gasteiger partial charge in [-0.2, -0.15) is 0 Å². The lowest BCUT2D eigenvalue weighted by molar-refractivity contribution is 0.0659. The summed E-state index contributed by atoms with van der Waals surface area (Å²) in [6, 6.07) is 8.46. The molecule has 0 unspecified atom stereocenters. The van der Waals surface area contributed by atoms with Gasteiger partial charge in [0.1, 0.15) is 5.82 Å². The predicted octanol–water partition coefficient (Wildman–Crippen LogP) is 2.05. The minimum absolute atomic E-state index is 0.00535. The van der Waals surface area contributed by atoms with E-state index < -0.39 is 17.7 Å². The lowest BCUT2D eigenvalue weighted by atomic mass is 10.2. The Balaban J connectivity index is 2.01. The number of benzene rings is 1. The number of nitrogens with one attached hydrogen (secondary N) is 1. The third-order valence-corrected chi connectivity index (χ3v) is 2.44. The van der Waals surface area contributed by atoms with E-state index in [4.69, 9.17) is 9.52 Å². The van der Waals surface area contributed by atoms with Crippen molar-refractivity contribution in [2.24, 2.45) is 0 Å². The zero-order valence-electron chi connectivity index (χ0n) is 9.72. The molecular weight excluding hydrogens is 253 g/mol. The van der Waals surface area contributed by atoms with Crippen LogP contribution in [0.1, 0.15) is 26.7 Å². The molecule has 1 aromatic carbocycles. The van der Waals surface area contributed by atoms with Gasteiger partial charge in [-0.15, -0.1) is 0 Å². The van der Waals surface area contributed by atoms with Gasteiger partial charge in [-0.05, 0) is 18.2 Å². The predicted molar refractivity (Wildman–Crippen MR) is 63.2 cm³/mol. The summed E-state index contributed by atoms with van der Waals surface area (Å²) in [5.74, 6) is -2.73. The first-order chi connectivity index (χ1) is 9.08. The highest BCUT2D eigenvalue weighted by atomic mass is 19.1. The van der Waals surface area contributed by atoms with Crippen molar-refractivity contribution >= 4 is 11.9 Å². The van der Waals surface area contributed by atoms with Crippen molar-refractivity contribution < 1.29 is 23.5 Å². The third kappa shape index (κ3) is 2.98. The molecule has 1 aromatic heterocycles. The van der Waals surface area contributed by atoms with Crippen LogP contribution < -0.4 is 5.32 Å². The standard InChI is InChI=1S/C13H10FNO4/c14-9-4-2-1-3-8(9)7-15-12(16)10-5-6-11(19-10)13(17)18/h1-6H,7H2,(H,15,16)(H,17,18). The van der Waals surface area contributed by atoms with E-state index in [0.29, 0.717) is 5.56 Å². The van der Waals surface area contributed by atoms with Gasteiger partial charge in [-0.1, -0.05) is 18.2 Å². The van der Waals surface area contributed by atoms with E-state index in [2.05, 4.69) is 5.32 Å².